The van der Waals surface area contributed by atoms with Crippen LogP contribution in [0, 0.1) is 11.3 Å². The molecular formula is C15H17F3N5+. The topological polar surface area (TPSA) is 77.2 Å². The van der Waals surface area contributed by atoms with Crippen LogP contribution in [0.3, 0.4) is 0 Å². The number of nitriles is 1. The summed E-state index contributed by atoms with van der Waals surface area (Å²) in [5.41, 5.74) is 7.03. The van der Waals surface area contributed by atoms with Crippen LogP contribution in [-0.4, -0.2) is 29.2 Å². The van der Waals surface area contributed by atoms with Gasteiger partial charge in [0.05, 0.1) is 24.3 Å². The zero-order valence-corrected chi connectivity index (χ0v) is 12.4. The van der Waals surface area contributed by atoms with Crippen LogP contribution in [0.1, 0.15) is 24.8 Å². The summed E-state index contributed by atoms with van der Waals surface area (Å²) in [6, 6.07) is 6.77. The standard InChI is InChI=1S/C15H16F3N5/c16-15(17,18)11-6-2-3-7-12(11)21-22-13(10-19)14(20)23-8-4-1-5-9-23/h2-3,6-7H,1,4-5,8-9H2,(H2,20,21)/p+1. The zero-order valence-electron chi connectivity index (χ0n) is 12.4. The van der Waals surface area contributed by atoms with E-state index in [1.165, 1.54) is 18.2 Å². The van der Waals surface area contributed by atoms with Crippen LogP contribution < -0.4 is 11.2 Å². The Labute approximate surface area is 131 Å². The molecule has 1 aromatic rings. The molecule has 0 radical (unpaired) electrons. The van der Waals surface area contributed by atoms with Crippen molar-refractivity contribution in [1.29, 1.82) is 5.26 Å². The van der Waals surface area contributed by atoms with Crippen molar-refractivity contribution in [2.45, 2.75) is 25.4 Å². The Morgan fingerprint density at radius 1 is 1.22 bits per heavy atom. The minimum atomic E-state index is -4.51. The van der Waals surface area contributed by atoms with Gasteiger partial charge in [-0.1, -0.05) is 12.1 Å². The quantitative estimate of drug-likeness (QED) is 0.388. The van der Waals surface area contributed by atoms with Crippen molar-refractivity contribution in [2.75, 3.05) is 18.5 Å². The van der Waals surface area contributed by atoms with E-state index in [1.54, 1.807) is 0 Å². The lowest BCUT2D eigenvalue weighted by Gasteiger charge is -2.14. The lowest BCUT2D eigenvalue weighted by atomic mass is 10.1. The number of nitrogens with two attached hydrogens (primary N) is 1. The zero-order chi connectivity index (χ0) is 16.9. The minimum Gasteiger partial charge on any atom is -0.285 e. The molecule has 0 aromatic heterocycles. The van der Waals surface area contributed by atoms with E-state index in [0.29, 0.717) is 13.1 Å². The normalized spacial score (nSPS) is 15.9. The number of hydrogen-bond donors (Lipinski definition) is 2. The summed E-state index contributed by atoms with van der Waals surface area (Å²) < 4.78 is 40.6. The maximum atomic E-state index is 12.9. The fourth-order valence-corrected chi connectivity index (χ4v) is 2.37. The molecule has 1 saturated heterocycles. The molecule has 0 spiro atoms. The third-order valence-corrected chi connectivity index (χ3v) is 3.57. The molecule has 3 N–H and O–H groups in total. The van der Waals surface area contributed by atoms with Gasteiger partial charge < -0.3 is 0 Å². The Balaban J connectivity index is 2.26. The van der Waals surface area contributed by atoms with E-state index >= 15 is 0 Å². The number of para-hydroxylation sites is 1. The van der Waals surface area contributed by atoms with E-state index in [2.05, 4.69) is 10.5 Å². The van der Waals surface area contributed by atoms with E-state index < -0.39 is 11.7 Å². The maximum absolute atomic E-state index is 12.9. The van der Waals surface area contributed by atoms with Gasteiger partial charge in [0.1, 0.15) is 6.07 Å². The fraction of sp³-hybridized carbons (Fsp3) is 0.400. The Hall–Kier alpha value is -2.56. The van der Waals surface area contributed by atoms with Gasteiger partial charge in [-0.25, -0.2) is 0 Å². The number of nitrogens with one attached hydrogen (secondary N) is 1. The second-order valence-corrected chi connectivity index (χ2v) is 5.16. The Morgan fingerprint density at radius 2 is 1.87 bits per heavy atom. The minimum absolute atomic E-state index is 0.121. The van der Waals surface area contributed by atoms with Crippen molar-refractivity contribution < 1.29 is 17.7 Å². The van der Waals surface area contributed by atoms with Crippen LogP contribution in [0.15, 0.2) is 29.4 Å². The molecule has 2 rings (SSSR count). The molecular weight excluding hydrogens is 307 g/mol. The number of nitrogens with zero attached hydrogens (tertiary/aromatic N) is 3. The summed E-state index contributed by atoms with van der Waals surface area (Å²) in [7, 11) is 0. The summed E-state index contributed by atoms with van der Waals surface area (Å²) in [4.78, 5) is 0. The van der Waals surface area contributed by atoms with Crippen molar-refractivity contribution in [3.8, 4) is 6.07 Å². The van der Waals surface area contributed by atoms with Crippen molar-refractivity contribution in [3.63, 3.8) is 0 Å². The number of rotatable bonds is 3. The smallest absolute Gasteiger partial charge is 0.285 e. The molecule has 1 aromatic carbocycles. The van der Waals surface area contributed by atoms with E-state index in [0.717, 1.165) is 25.3 Å². The van der Waals surface area contributed by atoms with Gasteiger partial charge in [0.15, 0.2) is 0 Å². The third kappa shape index (κ3) is 4.22. The first kappa shape index (κ1) is 16.8. The first-order valence-corrected chi connectivity index (χ1v) is 7.21. The highest BCUT2D eigenvalue weighted by molar-refractivity contribution is 6.45. The molecule has 0 amide bonds. The number of amidine groups is 1. The molecule has 122 valence electrons. The fourth-order valence-electron chi connectivity index (χ4n) is 2.37. The van der Waals surface area contributed by atoms with Crippen molar-refractivity contribution in [1.82, 2.24) is 0 Å². The molecule has 1 aliphatic heterocycles. The number of alkyl halides is 3. The SMILES string of the molecule is N#C/C(=N/Nc1ccccc1C(F)(F)F)C(N)=[N+]1CCCCC1. The molecule has 0 unspecified atom stereocenters. The highest BCUT2D eigenvalue weighted by atomic mass is 19.4. The molecule has 23 heavy (non-hydrogen) atoms. The number of hydrogen-bond acceptors (Lipinski definition) is 3. The van der Waals surface area contributed by atoms with Crippen LogP contribution in [-0.2, 0) is 6.18 Å². The number of halogens is 3. The Kier molecular flexibility index (Phi) is 5.21. The predicted molar refractivity (Wildman–Crippen MR) is 81.2 cm³/mol. The summed E-state index contributed by atoms with van der Waals surface area (Å²) in [6.07, 6.45) is -1.48. The van der Waals surface area contributed by atoms with Gasteiger partial charge in [-0.3, -0.25) is 15.7 Å². The van der Waals surface area contributed by atoms with Gasteiger partial charge in [0.2, 0.25) is 5.71 Å². The summed E-state index contributed by atoms with van der Waals surface area (Å²) in [5.74, 6) is 0.184. The third-order valence-electron chi connectivity index (χ3n) is 3.57. The summed E-state index contributed by atoms with van der Waals surface area (Å²) in [6.45, 7) is 1.43. The number of benzene rings is 1. The van der Waals surface area contributed by atoms with Crippen LogP contribution in [0.5, 0.6) is 0 Å². The van der Waals surface area contributed by atoms with Gasteiger partial charge in [-0.15, -0.1) is 0 Å². The Morgan fingerprint density at radius 3 is 2.48 bits per heavy atom. The average molecular weight is 324 g/mol. The molecule has 8 heteroatoms. The Bertz CT molecular complexity index is 662. The first-order chi connectivity index (χ1) is 10.9. The van der Waals surface area contributed by atoms with Crippen LogP contribution in [0.2, 0.25) is 0 Å². The van der Waals surface area contributed by atoms with Gasteiger partial charge in [-0.05, 0) is 31.4 Å². The number of hydrazone groups is 1. The van der Waals surface area contributed by atoms with Crippen LogP contribution in [0.25, 0.3) is 0 Å². The van der Waals surface area contributed by atoms with Gasteiger partial charge in [0.25, 0.3) is 0 Å². The molecule has 0 atom stereocenters. The molecule has 1 aliphatic rings. The second-order valence-electron chi connectivity index (χ2n) is 5.16. The molecule has 5 nitrogen and oxygen atoms in total. The van der Waals surface area contributed by atoms with Gasteiger partial charge in [0, 0.05) is 0 Å². The molecule has 0 aliphatic carbocycles. The van der Waals surface area contributed by atoms with Crippen molar-refractivity contribution >= 4 is 17.2 Å². The molecule has 0 bridgehead atoms. The largest absolute Gasteiger partial charge is 0.418 e. The molecule has 1 fully saturated rings. The van der Waals surface area contributed by atoms with E-state index in [-0.39, 0.29) is 17.2 Å². The molecule has 1 heterocycles. The summed E-state index contributed by atoms with van der Waals surface area (Å²) in [5, 5.41) is 12.9. The van der Waals surface area contributed by atoms with Crippen molar-refractivity contribution in [3.05, 3.63) is 29.8 Å². The monoisotopic (exact) mass is 324 g/mol. The number of anilines is 1. The van der Waals surface area contributed by atoms with E-state index in [1.807, 2.05) is 10.6 Å². The second kappa shape index (κ2) is 7.13. The van der Waals surface area contributed by atoms with Gasteiger partial charge >= 0.3 is 12.0 Å². The van der Waals surface area contributed by atoms with Crippen LogP contribution >= 0.6 is 0 Å². The average Bonchev–Trinajstić information content (AvgIpc) is 2.55. The molecule has 0 saturated carbocycles. The first-order valence-electron chi connectivity index (χ1n) is 7.21. The number of piperidine rings is 1. The maximum Gasteiger partial charge on any atom is 0.418 e. The predicted octanol–water partition coefficient (Wildman–Crippen LogP) is 2.55. The van der Waals surface area contributed by atoms with E-state index in [9.17, 15) is 13.2 Å². The van der Waals surface area contributed by atoms with E-state index in [4.69, 9.17) is 11.0 Å². The summed E-state index contributed by atoms with van der Waals surface area (Å²) >= 11 is 0. The van der Waals surface area contributed by atoms with Crippen LogP contribution in [0.4, 0.5) is 18.9 Å². The lowest BCUT2D eigenvalue weighted by Crippen LogP contribution is -2.38. The highest BCUT2D eigenvalue weighted by Gasteiger charge is 2.33. The van der Waals surface area contributed by atoms with Crippen molar-refractivity contribution in [2.24, 2.45) is 10.8 Å². The lowest BCUT2D eigenvalue weighted by molar-refractivity contribution is -0.536. The van der Waals surface area contributed by atoms with Gasteiger partial charge in [-0.2, -0.15) is 23.5 Å². The highest BCUT2D eigenvalue weighted by Crippen LogP contribution is 2.34.